The highest BCUT2D eigenvalue weighted by Crippen LogP contribution is 2.51. The van der Waals surface area contributed by atoms with Crippen LogP contribution in [0.15, 0.2) is 40.2 Å². The fraction of sp³-hybridized carbons (Fsp3) is 0.611. The van der Waals surface area contributed by atoms with Crippen molar-refractivity contribution in [2.45, 2.75) is 60.0 Å². The second-order valence-corrected chi connectivity index (χ2v) is 8.43. The summed E-state index contributed by atoms with van der Waals surface area (Å²) in [5.74, 6) is 0.922. The minimum absolute atomic E-state index is 0. The Morgan fingerprint density at radius 3 is 2.67 bits per heavy atom. The summed E-state index contributed by atoms with van der Waals surface area (Å²) < 4.78 is 6.26. The Balaban J connectivity index is 0.00000169. The second-order valence-electron chi connectivity index (χ2n) is 6.88. The van der Waals surface area contributed by atoms with E-state index in [1.165, 1.54) is 30.6 Å². The molecule has 3 unspecified atom stereocenters. The molecule has 24 heavy (non-hydrogen) atoms. The Labute approximate surface area is 165 Å². The van der Waals surface area contributed by atoms with Gasteiger partial charge in [0.1, 0.15) is 0 Å². The summed E-state index contributed by atoms with van der Waals surface area (Å²) in [6, 6.07) is 11.1. The van der Waals surface area contributed by atoms with Gasteiger partial charge in [0.25, 0.3) is 0 Å². The minimum atomic E-state index is 0. The van der Waals surface area contributed by atoms with Crippen molar-refractivity contribution in [3.63, 3.8) is 0 Å². The molecule has 1 aromatic rings. The molecule has 2 saturated heterocycles. The normalized spacial score (nSPS) is 29.9. The van der Waals surface area contributed by atoms with Crippen LogP contribution in [0.3, 0.4) is 0 Å². The van der Waals surface area contributed by atoms with Gasteiger partial charge in [-0.1, -0.05) is 18.2 Å². The Morgan fingerprint density at radius 1 is 1.29 bits per heavy atom. The monoisotopic (exact) mass is 459 g/mol. The number of aliphatic imine (C=N–C) groups is 1. The van der Waals surface area contributed by atoms with Gasteiger partial charge in [-0.3, -0.25) is 4.99 Å². The van der Waals surface area contributed by atoms with E-state index in [4.69, 9.17) is 4.74 Å². The van der Waals surface area contributed by atoms with Gasteiger partial charge in [0.15, 0.2) is 5.96 Å². The number of ether oxygens (including phenoxy) is 1. The quantitative estimate of drug-likeness (QED) is 0.403. The Bertz CT molecular complexity index is 579. The lowest BCUT2D eigenvalue weighted by Gasteiger charge is -2.24. The van der Waals surface area contributed by atoms with Gasteiger partial charge in [-0.2, -0.15) is 0 Å². The highest BCUT2D eigenvalue weighted by Gasteiger charge is 2.44. The summed E-state index contributed by atoms with van der Waals surface area (Å²) in [5.41, 5.74) is 0. The third kappa shape index (κ3) is 4.19. The molecule has 4 rings (SSSR count). The van der Waals surface area contributed by atoms with E-state index in [0.29, 0.717) is 23.0 Å². The first-order chi connectivity index (χ1) is 11.3. The molecule has 0 spiro atoms. The molecule has 2 bridgehead atoms. The number of nitrogens with one attached hydrogen (secondary N) is 2. The third-order valence-electron chi connectivity index (χ3n) is 5.11. The van der Waals surface area contributed by atoms with Crippen LogP contribution in [0.25, 0.3) is 0 Å². The van der Waals surface area contributed by atoms with E-state index in [-0.39, 0.29) is 24.0 Å². The number of benzene rings is 1. The molecular formula is C18H26IN3OS. The Kier molecular flexibility index (Phi) is 5.98. The van der Waals surface area contributed by atoms with Gasteiger partial charge >= 0.3 is 0 Å². The molecule has 3 fully saturated rings. The van der Waals surface area contributed by atoms with Gasteiger partial charge in [0, 0.05) is 23.2 Å². The Morgan fingerprint density at radius 2 is 2.08 bits per heavy atom. The lowest BCUT2D eigenvalue weighted by atomic mass is 9.96. The molecule has 6 heteroatoms. The van der Waals surface area contributed by atoms with Gasteiger partial charge in [-0.05, 0) is 44.2 Å². The maximum atomic E-state index is 5.92. The zero-order chi connectivity index (χ0) is 15.7. The number of guanidine groups is 1. The molecular weight excluding hydrogens is 433 g/mol. The third-order valence-corrected chi connectivity index (χ3v) is 6.61. The number of halogens is 1. The van der Waals surface area contributed by atoms with Crippen molar-refractivity contribution in [2.75, 3.05) is 13.6 Å². The first kappa shape index (κ1) is 18.3. The smallest absolute Gasteiger partial charge is 0.191 e. The van der Waals surface area contributed by atoms with E-state index in [9.17, 15) is 0 Å². The molecule has 132 valence electrons. The van der Waals surface area contributed by atoms with Crippen LogP contribution in [0.1, 0.15) is 32.1 Å². The van der Waals surface area contributed by atoms with E-state index < -0.39 is 0 Å². The summed E-state index contributed by atoms with van der Waals surface area (Å²) in [5, 5.41) is 7.11. The first-order valence-corrected chi connectivity index (χ1v) is 9.45. The molecule has 0 radical (unpaired) electrons. The molecule has 2 heterocycles. The summed E-state index contributed by atoms with van der Waals surface area (Å²) in [6.07, 6.45) is 6.93. The molecule has 2 aliphatic heterocycles. The number of fused-ring (bicyclic) bond motifs is 2. The fourth-order valence-corrected chi connectivity index (χ4v) is 4.84. The average molecular weight is 459 g/mol. The van der Waals surface area contributed by atoms with E-state index in [2.05, 4.69) is 46.0 Å². The molecule has 4 nitrogen and oxygen atoms in total. The lowest BCUT2D eigenvalue weighted by molar-refractivity contribution is 0.0992. The molecule has 0 aromatic heterocycles. The SMILES string of the molecule is CN=C(NCC1(Sc2ccccc2)CC1)NC1CC2CCC1O2.I. The van der Waals surface area contributed by atoms with Crippen LogP contribution in [0.2, 0.25) is 0 Å². The molecule has 3 atom stereocenters. The second kappa shape index (κ2) is 7.83. The van der Waals surface area contributed by atoms with Gasteiger partial charge in [0.2, 0.25) is 0 Å². The van der Waals surface area contributed by atoms with Gasteiger partial charge in [-0.15, -0.1) is 35.7 Å². The predicted octanol–water partition coefficient (Wildman–Crippen LogP) is 3.41. The fourth-order valence-electron chi connectivity index (χ4n) is 3.60. The summed E-state index contributed by atoms with van der Waals surface area (Å²) in [7, 11) is 1.85. The predicted molar refractivity (Wildman–Crippen MR) is 110 cm³/mol. The molecule has 0 amide bonds. The number of thioether (sulfide) groups is 1. The van der Waals surface area contributed by atoms with Crippen LogP contribution in [0.5, 0.6) is 0 Å². The first-order valence-electron chi connectivity index (χ1n) is 8.63. The summed E-state index contributed by atoms with van der Waals surface area (Å²) >= 11 is 1.99. The maximum Gasteiger partial charge on any atom is 0.191 e. The summed E-state index contributed by atoms with van der Waals surface area (Å²) in [4.78, 5) is 5.76. The van der Waals surface area contributed by atoms with E-state index in [0.717, 1.165) is 18.9 Å². The highest BCUT2D eigenvalue weighted by molar-refractivity contribution is 14.0. The van der Waals surface area contributed by atoms with Crippen LogP contribution in [-0.4, -0.2) is 42.5 Å². The molecule has 2 N–H and O–H groups in total. The molecule has 1 aliphatic carbocycles. The standard InChI is InChI=1S/C18H25N3OS.HI/c1-19-17(21-15-11-13-7-8-16(15)22-13)20-12-18(9-10-18)23-14-5-3-2-4-6-14;/h2-6,13,15-16H,7-12H2,1H3,(H2,19,20,21);1H. The number of hydrogen-bond donors (Lipinski definition) is 2. The van der Waals surface area contributed by atoms with Crippen molar-refractivity contribution in [2.24, 2.45) is 4.99 Å². The van der Waals surface area contributed by atoms with Gasteiger partial charge in [0.05, 0.1) is 18.2 Å². The number of rotatable bonds is 5. The van der Waals surface area contributed by atoms with Crippen molar-refractivity contribution in [3.05, 3.63) is 30.3 Å². The largest absolute Gasteiger partial charge is 0.373 e. The zero-order valence-corrected chi connectivity index (χ0v) is 17.2. The van der Waals surface area contributed by atoms with Crippen LogP contribution >= 0.6 is 35.7 Å². The van der Waals surface area contributed by atoms with Crippen molar-refractivity contribution < 1.29 is 4.74 Å². The molecule has 1 saturated carbocycles. The van der Waals surface area contributed by atoms with Crippen molar-refractivity contribution in [3.8, 4) is 0 Å². The van der Waals surface area contributed by atoms with Gasteiger partial charge < -0.3 is 15.4 Å². The number of hydrogen-bond acceptors (Lipinski definition) is 3. The number of nitrogens with zero attached hydrogens (tertiary/aromatic N) is 1. The summed E-state index contributed by atoms with van der Waals surface area (Å²) in [6.45, 7) is 0.966. The van der Waals surface area contributed by atoms with Crippen molar-refractivity contribution >= 4 is 41.7 Å². The average Bonchev–Trinajstić information content (AvgIpc) is 3.03. The minimum Gasteiger partial charge on any atom is -0.373 e. The lowest BCUT2D eigenvalue weighted by Crippen LogP contribution is -2.49. The van der Waals surface area contributed by atoms with Crippen LogP contribution < -0.4 is 10.6 Å². The Hall–Kier alpha value is -0.470. The van der Waals surface area contributed by atoms with Crippen LogP contribution in [0.4, 0.5) is 0 Å². The van der Waals surface area contributed by atoms with E-state index >= 15 is 0 Å². The van der Waals surface area contributed by atoms with E-state index in [1.807, 2.05) is 18.8 Å². The van der Waals surface area contributed by atoms with Crippen molar-refractivity contribution in [1.29, 1.82) is 0 Å². The maximum absolute atomic E-state index is 5.92. The van der Waals surface area contributed by atoms with Crippen LogP contribution in [0, 0.1) is 0 Å². The van der Waals surface area contributed by atoms with Gasteiger partial charge in [-0.25, -0.2) is 0 Å². The van der Waals surface area contributed by atoms with Crippen LogP contribution in [-0.2, 0) is 4.74 Å². The zero-order valence-electron chi connectivity index (χ0n) is 14.0. The highest BCUT2D eigenvalue weighted by atomic mass is 127. The topological polar surface area (TPSA) is 45.7 Å². The van der Waals surface area contributed by atoms with Crippen molar-refractivity contribution in [1.82, 2.24) is 10.6 Å². The molecule has 1 aromatic carbocycles. The van der Waals surface area contributed by atoms with E-state index in [1.54, 1.807) is 0 Å². The molecule has 3 aliphatic rings.